The normalized spacial score (nSPS) is 25.9. The molecule has 0 spiro atoms. The first-order valence-electron chi connectivity index (χ1n) is 8.13. The Morgan fingerprint density at radius 3 is 2.06 bits per heavy atom. The minimum absolute atomic E-state index is 0.839. The van der Waals surface area contributed by atoms with Gasteiger partial charge in [0.05, 0.1) is 0 Å². The van der Waals surface area contributed by atoms with E-state index in [4.69, 9.17) is 0 Å². The van der Waals surface area contributed by atoms with Gasteiger partial charge in [0.15, 0.2) is 0 Å². The average Bonchev–Trinajstić information content (AvgIpc) is 2.75. The monoisotopic (exact) mass is 237 g/mol. The van der Waals surface area contributed by atoms with Crippen LogP contribution in [-0.4, -0.2) is 12.6 Å². The van der Waals surface area contributed by atoms with Crippen molar-refractivity contribution < 1.29 is 0 Å². The molecular formula is C16H31N. The molecule has 0 bridgehead atoms. The van der Waals surface area contributed by atoms with Crippen LogP contribution < -0.4 is 5.32 Å². The quantitative estimate of drug-likeness (QED) is 0.693. The molecule has 2 aliphatic carbocycles. The van der Waals surface area contributed by atoms with Crippen molar-refractivity contribution in [2.45, 2.75) is 83.6 Å². The van der Waals surface area contributed by atoms with Gasteiger partial charge in [0.25, 0.3) is 0 Å². The maximum absolute atomic E-state index is 3.79. The molecule has 1 unspecified atom stereocenters. The fourth-order valence-electron chi connectivity index (χ4n) is 4.02. The molecule has 0 radical (unpaired) electrons. The van der Waals surface area contributed by atoms with Gasteiger partial charge in [0, 0.05) is 6.04 Å². The van der Waals surface area contributed by atoms with Gasteiger partial charge in [-0.1, -0.05) is 58.3 Å². The van der Waals surface area contributed by atoms with E-state index in [1.807, 2.05) is 0 Å². The van der Waals surface area contributed by atoms with Crippen LogP contribution in [0.15, 0.2) is 0 Å². The van der Waals surface area contributed by atoms with E-state index in [1.165, 1.54) is 70.6 Å². The minimum atomic E-state index is 0.839. The second-order valence-corrected chi connectivity index (χ2v) is 6.30. The molecule has 0 heterocycles. The van der Waals surface area contributed by atoms with Crippen LogP contribution in [0.2, 0.25) is 0 Å². The minimum Gasteiger partial charge on any atom is -0.314 e. The zero-order valence-corrected chi connectivity index (χ0v) is 11.7. The summed E-state index contributed by atoms with van der Waals surface area (Å²) >= 11 is 0. The zero-order chi connectivity index (χ0) is 11.9. The van der Waals surface area contributed by atoms with Gasteiger partial charge in [0.2, 0.25) is 0 Å². The molecule has 17 heavy (non-hydrogen) atoms. The van der Waals surface area contributed by atoms with E-state index in [0.29, 0.717) is 0 Å². The lowest BCUT2D eigenvalue weighted by Crippen LogP contribution is -2.36. The SMILES string of the molecule is CCNC(CC1CCCCCC1)C1CCCC1. The van der Waals surface area contributed by atoms with Crippen LogP contribution in [0, 0.1) is 11.8 Å². The van der Waals surface area contributed by atoms with Crippen LogP contribution in [0.4, 0.5) is 0 Å². The van der Waals surface area contributed by atoms with E-state index >= 15 is 0 Å². The highest BCUT2D eigenvalue weighted by Gasteiger charge is 2.26. The van der Waals surface area contributed by atoms with Crippen molar-refractivity contribution >= 4 is 0 Å². The molecule has 0 aliphatic heterocycles. The molecule has 0 amide bonds. The van der Waals surface area contributed by atoms with Crippen LogP contribution in [0.1, 0.15) is 77.6 Å². The van der Waals surface area contributed by atoms with Crippen molar-refractivity contribution in [2.75, 3.05) is 6.54 Å². The lowest BCUT2D eigenvalue weighted by molar-refractivity contribution is 0.281. The Bertz CT molecular complexity index is 188. The van der Waals surface area contributed by atoms with E-state index < -0.39 is 0 Å². The Balaban J connectivity index is 1.82. The summed E-state index contributed by atoms with van der Waals surface area (Å²) in [6.07, 6.45) is 16.4. The summed E-state index contributed by atoms with van der Waals surface area (Å²) in [4.78, 5) is 0. The zero-order valence-electron chi connectivity index (χ0n) is 11.7. The molecule has 0 aromatic heterocycles. The molecule has 2 saturated carbocycles. The van der Waals surface area contributed by atoms with Crippen molar-refractivity contribution in [1.82, 2.24) is 5.32 Å². The summed E-state index contributed by atoms with van der Waals surface area (Å²) in [5.74, 6) is 2.03. The van der Waals surface area contributed by atoms with E-state index in [0.717, 1.165) is 24.4 Å². The van der Waals surface area contributed by atoms with Gasteiger partial charge in [-0.25, -0.2) is 0 Å². The molecule has 1 N–H and O–H groups in total. The summed E-state index contributed by atoms with van der Waals surface area (Å²) in [6, 6.07) is 0.839. The summed E-state index contributed by atoms with van der Waals surface area (Å²) < 4.78 is 0. The third-order valence-corrected chi connectivity index (χ3v) is 5.00. The van der Waals surface area contributed by atoms with Gasteiger partial charge in [0.1, 0.15) is 0 Å². The molecule has 2 aliphatic rings. The largest absolute Gasteiger partial charge is 0.314 e. The van der Waals surface area contributed by atoms with Crippen molar-refractivity contribution in [3.8, 4) is 0 Å². The predicted molar refractivity (Wildman–Crippen MR) is 75.2 cm³/mol. The number of hydrogen-bond donors (Lipinski definition) is 1. The van der Waals surface area contributed by atoms with Crippen LogP contribution in [0.5, 0.6) is 0 Å². The lowest BCUT2D eigenvalue weighted by Gasteiger charge is -2.28. The Labute approximate surface area is 108 Å². The number of hydrogen-bond acceptors (Lipinski definition) is 1. The van der Waals surface area contributed by atoms with Gasteiger partial charge in [-0.2, -0.15) is 0 Å². The smallest absolute Gasteiger partial charge is 0.00978 e. The molecule has 100 valence electrons. The summed E-state index contributed by atoms with van der Waals surface area (Å²) in [5, 5.41) is 3.79. The Kier molecular flexibility index (Phi) is 5.84. The molecule has 2 rings (SSSR count). The fourth-order valence-corrected chi connectivity index (χ4v) is 4.02. The second-order valence-electron chi connectivity index (χ2n) is 6.30. The predicted octanol–water partition coefficient (Wildman–Crippen LogP) is 4.52. The van der Waals surface area contributed by atoms with Crippen molar-refractivity contribution in [3.63, 3.8) is 0 Å². The van der Waals surface area contributed by atoms with E-state index in [2.05, 4.69) is 12.2 Å². The van der Waals surface area contributed by atoms with Crippen LogP contribution >= 0.6 is 0 Å². The average molecular weight is 237 g/mol. The Hall–Kier alpha value is -0.0400. The topological polar surface area (TPSA) is 12.0 Å². The van der Waals surface area contributed by atoms with Gasteiger partial charge in [-0.3, -0.25) is 0 Å². The maximum Gasteiger partial charge on any atom is 0.00978 e. The molecule has 1 nitrogen and oxygen atoms in total. The molecule has 2 fully saturated rings. The van der Waals surface area contributed by atoms with E-state index in [9.17, 15) is 0 Å². The van der Waals surface area contributed by atoms with Crippen LogP contribution in [0.3, 0.4) is 0 Å². The van der Waals surface area contributed by atoms with Gasteiger partial charge < -0.3 is 5.32 Å². The summed E-state index contributed by atoms with van der Waals surface area (Å²) in [7, 11) is 0. The van der Waals surface area contributed by atoms with Crippen molar-refractivity contribution in [3.05, 3.63) is 0 Å². The molecule has 0 aromatic rings. The van der Waals surface area contributed by atoms with Gasteiger partial charge >= 0.3 is 0 Å². The third-order valence-electron chi connectivity index (χ3n) is 5.00. The van der Waals surface area contributed by atoms with Gasteiger partial charge in [-0.05, 0) is 37.6 Å². The standard InChI is InChI=1S/C16H31N/c1-2-17-16(15-11-7-8-12-15)13-14-9-5-3-4-6-10-14/h14-17H,2-13H2,1H3. The van der Waals surface area contributed by atoms with E-state index in [1.54, 1.807) is 0 Å². The summed E-state index contributed by atoms with van der Waals surface area (Å²) in [6.45, 7) is 3.43. The third kappa shape index (κ3) is 4.28. The second kappa shape index (κ2) is 7.41. The molecule has 1 atom stereocenters. The first kappa shape index (κ1) is 13.4. The fraction of sp³-hybridized carbons (Fsp3) is 1.00. The van der Waals surface area contributed by atoms with Crippen molar-refractivity contribution in [1.29, 1.82) is 0 Å². The maximum atomic E-state index is 3.79. The number of nitrogens with one attached hydrogen (secondary N) is 1. The lowest BCUT2D eigenvalue weighted by atomic mass is 9.86. The van der Waals surface area contributed by atoms with Crippen LogP contribution in [-0.2, 0) is 0 Å². The molecule has 1 heteroatoms. The molecule has 0 saturated heterocycles. The van der Waals surface area contributed by atoms with E-state index in [-0.39, 0.29) is 0 Å². The van der Waals surface area contributed by atoms with Crippen molar-refractivity contribution in [2.24, 2.45) is 11.8 Å². The Morgan fingerprint density at radius 2 is 1.47 bits per heavy atom. The first-order valence-corrected chi connectivity index (χ1v) is 8.13. The summed E-state index contributed by atoms with van der Waals surface area (Å²) in [5.41, 5.74) is 0. The highest BCUT2D eigenvalue weighted by molar-refractivity contribution is 4.83. The van der Waals surface area contributed by atoms with Gasteiger partial charge in [-0.15, -0.1) is 0 Å². The number of rotatable bonds is 5. The highest BCUT2D eigenvalue weighted by atomic mass is 14.9. The molecular weight excluding hydrogens is 206 g/mol. The first-order chi connectivity index (χ1) is 8.40. The molecule has 0 aromatic carbocycles. The highest BCUT2D eigenvalue weighted by Crippen LogP contribution is 2.33. The Morgan fingerprint density at radius 1 is 0.882 bits per heavy atom. The van der Waals surface area contributed by atoms with Crippen LogP contribution in [0.25, 0.3) is 0 Å².